The van der Waals surface area contributed by atoms with Crippen molar-refractivity contribution in [2.75, 3.05) is 32.7 Å². The summed E-state index contributed by atoms with van der Waals surface area (Å²) in [7, 11) is -3.63. The minimum atomic E-state index is -3.63. The van der Waals surface area contributed by atoms with Crippen LogP contribution in [0, 0.1) is 0 Å². The molecule has 8 nitrogen and oxygen atoms in total. The van der Waals surface area contributed by atoms with Crippen molar-refractivity contribution in [2.45, 2.75) is 31.2 Å². The number of nitrogens with two attached hydrogens (primary N) is 1. The van der Waals surface area contributed by atoms with Crippen LogP contribution in [0.4, 0.5) is 0 Å². The first kappa shape index (κ1) is 23.4. The average Bonchev–Trinajstić information content (AvgIpc) is 2.61. The fourth-order valence-corrected chi connectivity index (χ4v) is 4.11. The maximum atomic E-state index is 12.7. The average molecular weight is 419 g/mol. The molecule has 1 atom stereocenters. The molecule has 1 aliphatic heterocycles. The first-order valence-corrected chi connectivity index (χ1v) is 10.1. The van der Waals surface area contributed by atoms with Gasteiger partial charge in [-0.3, -0.25) is 9.59 Å². The molecule has 152 valence electrons. The van der Waals surface area contributed by atoms with Crippen LogP contribution in [0.2, 0.25) is 0 Å². The summed E-state index contributed by atoms with van der Waals surface area (Å²) in [5, 5.41) is 2.75. The predicted octanol–water partition coefficient (Wildman–Crippen LogP) is 0.428. The molecule has 0 bridgehead atoms. The van der Waals surface area contributed by atoms with Crippen molar-refractivity contribution < 1.29 is 18.0 Å². The highest BCUT2D eigenvalue weighted by molar-refractivity contribution is 7.89. The third kappa shape index (κ3) is 6.17. The predicted molar refractivity (Wildman–Crippen MR) is 105 cm³/mol. The summed E-state index contributed by atoms with van der Waals surface area (Å²) < 4.78 is 26.8. The van der Waals surface area contributed by atoms with Gasteiger partial charge in [-0.1, -0.05) is 0 Å². The number of hydrogen-bond acceptors (Lipinski definition) is 5. The SMILES string of the molecule is CC(=O)N1CCN(S(=O)(=O)c2ccc(C(=O)NCCC(C)N)cc2)CC1.Cl. The van der Waals surface area contributed by atoms with E-state index in [1.54, 1.807) is 4.90 Å². The number of rotatable bonds is 6. The van der Waals surface area contributed by atoms with Gasteiger partial charge in [0.2, 0.25) is 15.9 Å². The second kappa shape index (κ2) is 10.0. The fourth-order valence-electron chi connectivity index (χ4n) is 2.69. The van der Waals surface area contributed by atoms with Crippen molar-refractivity contribution in [3.63, 3.8) is 0 Å². The van der Waals surface area contributed by atoms with Gasteiger partial charge in [-0.05, 0) is 37.6 Å². The maximum Gasteiger partial charge on any atom is 0.251 e. The summed E-state index contributed by atoms with van der Waals surface area (Å²) in [6, 6.07) is 5.88. The molecule has 0 spiro atoms. The molecule has 0 aromatic heterocycles. The summed E-state index contributed by atoms with van der Waals surface area (Å²) in [6.07, 6.45) is 0.671. The number of carbonyl (C=O) groups excluding carboxylic acids is 2. The fraction of sp³-hybridized carbons (Fsp3) is 0.529. The smallest absolute Gasteiger partial charge is 0.251 e. The van der Waals surface area contributed by atoms with Gasteiger partial charge in [-0.15, -0.1) is 12.4 Å². The molecular weight excluding hydrogens is 392 g/mol. The van der Waals surface area contributed by atoms with Crippen LogP contribution in [-0.4, -0.2) is 68.2 Å². The number of sulfonamides is 1. The quantitative estimate of drug-likeness (QED) is 0.695. The molecule has 1 heterocycles. The van der Waals surface area contributed by atoms with Gasteiger partial charge in [0, 0.05) is 51.3 Å². The highest BCUT2D eigenvalue weighted by atomic mass is 35.5. The molecule has 3 N–H and O–H groups in total. The van der Waals surface area contributed by atoms with E-state index in [9.17, 15) is 18.0 Å². The Morgan fingerprint density at radius 3 is 2.19 bits per heavy atom. The first-order chi connectivity index (χ1) is 12.2. The molecule has 1 fully saturated rings. The zero-order chi connectivity index (χ0) is 19.3. The van der Waals surface area contributed by atoms with Gasteiger partial charge in [0.15, 0.2) is 0 Å². The topological polar surface area (TPSA) is 113 Å². The van der Waals surface area contributed by atoms with Gasteiger partial charge in [-0.2, -0.15) is 4.31 Å². The second-order valence-corrected chi connectivity index (χ2v) is 8.39. The largest absolute Gasteiger partial charge is 0.352 e. The molecule has 1 aromatic rings. The number of nitrogens with one attached hydrogen (secondary N) is 1. The lowest BCUT2D eigenvalue weighted by Gasteiger charge is -2.33. The molecule has 1 aromatic carbocycles. The Labute approximate surface area is 166 Å². The van der Waals surface area contributed by atoms with Crippen LogP contribution in [-0.2, 0) is 14.8 Å². The van der Waals surface area contributed by atoms with Gasteiger partial charge in [0.1, 0.15) is 0 Å². The van der Waals surface area contributed by atoms with Gasteiger partial charge in [0.05, 0.1) is 4.90 Å². The lowest BCUT2D eigenvalue weighted by atomic mass is 10.2. The number of benzene rings is 1. The van der Waals surface area contributed by atoms with Crippen molar-refractivity contribution in [2.24, 2.45) is 5.73 Å². The van der Waals surface area contributed by atoms with Crippen molar-refractivity contribution in [3.05, 3.63) is 29.8 Å². The molecule has 0 aliphatic carbocycles. The molecule has 1 unspecified atom stereocenters. The Kier molecular flexibility index (Phi) is 8.67. The van der Waals surface area contributed by atoms with E-state index in [1.807, 2.05) is 6.92 Å². The Morgan fingerprint density at radius 2 is 1.70 bits per heavy atom. The van der Waals surface area contributed by atoms with Crippen molar-refractivity contribution in [3.8, 4) is 0 Å². The molecule has 2 amide bonds. The first-order valence-electron chi connectivity index (χ1n) is 8.61. The monoisotopic (exact) mass is 418 g/mol. The van der Waals surface area contributed by atoms with Crippen molar-refractivity contribution >= 4 is 34.2 Å². The summed E-state index contributed by atoms with van der Waals surface area (Å²) in [5.74, 6) is -0.314. The molecule has 0 saturated carbocycles. The lowest BCUT2D eigenvalue weighted by Crippen LogP contribution is -2.49. The van der Waals surface area contributed by atoms with Crippen LogP contribution in [0.25, 0.3) is 0 Å². The van der Waals surface area contributed by atoms with E-state index in [1.165, 1.54) is 35.5 Å². The van der Waals surface area contributed by atoms with Crippen LogP contribution in [0.5, 0.6) is 0 Å². The highest BCUT2D eigenvalue weighted by Gasteiger charge is 2.29. The molecule has 2 rings (SSSR count). The van der Waals surface area contributed by atoms with Gasteiger partial charge >= 0.3 is 0 Å². The molecule has 1 aliphatic rings. The van der Waals surface area contributed by atoms with E-state index >= 15 is 0 Å². The zero-order valence-corrected chi connectivity index (χ0v) is 17.2. The number of hydrogen-bond donors (Lipinski definition) is 2. The van der Waals surface area contributed by atoms with E-state index in [4.69, 9.17) is 5.73 Å². The molecular formula is C17H27ClN4O4S. The Balaban J connectivity index is 0.00000364. The van der Waals surface area contributed by atoms with Crippen LogP contribution >= 0.6 is 12.4 Å². The second-order valence-electron chi connectivity index (χ2n) is 6.46. The number of carbonyl (C=O) groups is 2. The van der Waals surface area contributed by atoms with Crippen LogP contribution < -0.4 is 11.1 Å². The normalized spacial score (nSPS) is 16.3. The summed E-state index contributed by atoms with van der Waals surface area (Å²) >= 11 is 0. The number of piperazine rings is 1. The minimum Gasteiger partial charge on any atom is -0.352 e. The summed E-state index contributed by atoms with van der Waals surface area (Å²) in [5.41, 5.74) is 6.03. The third-order valence-electron chi connectivity index (χ3n) is 4.32. The third-order valence-corrected chi connectivity index (χ3v) is 6.24. The molecule has 27 heavy (non-hydrogen) atoms. The lowest BCUT2D eigenvalue weighted by molar-refractivity contribution is -0.129. The Bertz CT molecular complexity index is 745. The minimum absolute atomic E-state index is 0. The number of nitrogens with zero attached hydrogens (tertiary/aromatic N) is 2. The highest BCUT2D eigenvalue weighted by Crippen LogP contribution is 2.18. The van der Waals surface area contributed by atoms with Crippen molar-refractivity contribution in [1.82, 2.24) is 14.5 Å². The van der Waals surface area contributed by atoms with E-state index < -0.39 is 10.0 Å². The number of halogens is 1. The van der Waals surface area contributed by atoms with E-state index in [-0.39, 0.29) is 48.2 Å². The molecule has 10 heteroatoms. The Morgan fingerprint density at radius 1 is 1.15 bits per heavy atom. The number of amides is 2. The van der Waals surface area contributed by atoms with Crippen LogP contribution in [0.15, 0.2) is 29.2 Å². The maximum absolute atomic E-state index is 12.7. The Hall–Kier alpha value is -1.68. The standard InChI is InChI=1S/C17H26N4O4S.ClH/c1-13(18)7-8-19-17(23)15-3-5-16(6-4-15)26(24,25)21-11-9-20(10-12-21)14(2)22;/h3-6,13H,7-12,18H2,1-2H3,(H,19,23);1H. The zero-order valence-electron chi connectivity index (χ0n) is 15.6. The summed E-state index contributed by atoms with van der Waals surface area (Å²) in [4.78, 5) is 25.2. The van der Waals surface area contributed by atoms with E-state index in [0.29, 0.717) is 31.6 Å². The van der Waals surface area contributed by atoms with Crippen LogP contribution in [0.3, 0.4) is 0 Å². The molecule has 1 saturated heterocycles. The van der Waals surface area contributed by atoms with Gasteiger partial charge in [0.25, 0.3) is 5.91 Å². The van der Waals surface area contributed by atoms with E-state index in [2.05, 4.69) is 5.32 Å². The van der Waals surface area contributed by atoms with Crippen molar-refractivity contribution in [1.29, 1.82) is 0 Å². The van der Waals surface area contributed by atoms with E-state index in [0.717, 1.165) is 0 Å². The van der Waals surface area contributed by atoms with Gasteiger partial charge in [-0.25, -0.2) is 8.42 Å². The summed E-state index contributed by atoms with van der Waals surface area (Å²) in [6.45, 7) is 5.10. The molecule has 0 radical (unpaired) electrons. The van der Waals surface area contributed by atoms with Gasteiger partial charge < -0.3 is 16.0 Å². The van der Waals surface area contributed by atoms with Crippen LogP contribution in [0.1, 0.15) is 30.6 Å².